The molecule has 0 amide bonds. The molecule has 0 fully saturated rings. The quantitative estimate of drug-likeness (QED) is 0.398. The number of allylic oxidation sites excluding steroid dienone is 1. The Morgan fingerprint density at radius 1 is 1.21 bits per heavy atom. The number of hydrogen-bond acceptors (Lipinski definition) is 5. The summed E-state index contributed by atoms with van der Waals surface area (Å²) in [5, 5.41) is 19.8. The number of nitriles is 1. The summed E-state index contributed by atoms with van der Waals surface area (Å²) in [6.07, 6.45) is 0.186. The summed E-state index contributed by atoms with van der Waals surface area (Å²) < 4.78 is 6.90. The predicted molar refractivity (Wildman–Crippen MR) is 106 cm³/mol. The van der Waals surface area contributed by atoms with Crippen LogP contribution in [-0.2, 0) is 16.6 Å². The predicted octanol–water partition coefficient (Wildman–Crippen LogP) is 4.10. The lowest BCUT2D eigenvalue weighted by Crippen LogP contribution is -2.12. The second-order valence-corrected chi connectivity index (χ2v) is 6.59. The Morgan fingerprint density at radius 2 is 1.89 bits per heavy atom. The van der Waals surface area contributed by atoms with Gasteiger partial charge in [-0.1, -0.05) is 49.4 Å². The lowest BCUT2D eigenvalue weighted by Gasteiger charge is -2.11. The summed E-state index contributed by atoms with van der Waals surface area (Å²) in [5.74, 6) is -0.434. The molecule has 0 bridgehead atoms. The molecule has 1 aromatic heterocycles. The lowest BCUT2D eigenvalue weighted by atomic mass is 9.98. The van der Waals surface area contributed by atoms with Crippen molar-refractivity contribution in [2.45, 2.75) is 19.3 Å². The first-order valence-electron chi connectivity index (χ1n) is 8.96. The molecule has 0 aliphatic heterocycles. The minimum absolute atomic E-state index is 0.00454. The van der Waals surface area contributed by atoms with E-state index in [1.165, 1.54) is 0 Å². The highest BCUT2D eigenvalue weighted by Crippen LogP contribution is 2.23. The maximum Gasteiger partial charge on any atom is 0.306 e. The fourth-order valence-electron chi connectivity index (χ4n) is 3.04. The Labute approximate surface area is 163 Å². The monoisotopic (exact) mass is 375 g/mol. The fraction of sp³-hybridized carbons (Fsp3) is 0.227. The van der Waals surface area contributed by atoms with Gasteiger partial charge in [-0.25, -0.2) is 4.98 Å². The number of esters is 1. The Balaban J connectivity index is 1.71. The second-order valence-electron chi connectivity index (χ2n) is 6.59. The molecular formula is C22H21N3O3. The number of nitrogens with zero attached hydrogens (tertiary/aromatic N) is 3. The molecule has 1 heterocycles. The molecule has 28 heavy (non-hydrogen) atoms. The first-order valence-corrected chi connectivity index (χ1v) is 8.96. The molecule has 0 aliphatic rings. The average Bonchev–Trinajstić information content (AvgIpc) is 3.04. The number of fused-ring (bicyclic) bond motifs is 1. The van der Waals surface area contributed by atoms with E-state index in [-0.39, 0.29) is 30.3 Å². The van der Waals surface area contributed by atoms with Gasteiger partial charge in [0.15, 0.2) is 11.6 Å². The van der Waals surface area contributed by atoms with E-state index in [1.807, 2.05) is 67.6 Å². The van der Waals surface area contributed by atoms with Gasteiger partial charge in [0.25, 0.3) is 0 Å². The number of rotatable bonds is 6. The van der Waals surface area contributed by atoms with Crippen LogP contribution >= 0.6 is 0 Å². The van der Waals surface area contributed by atoms with Crippen LogP contribution in [0.1, 0.15) is 30.7 Å². The van der Waals surface area contributed by atoms with Crippen LogP contribution in [0.25, 0.3) is 16.6 Å². The van der Waals surface area contributed by atoms with E-state index in [0.29, 0.717) is 11.3 Å². The SMILES string of the molecule is C[C@@H](CC(=O)OC/C(O)=C(\C#N)c1nc2ccccc2n1C)c1ccccc1. The van der Waals surface area contributed by atoms with E-state index in [4.69, 9.17) is 4.74 Å². The van der Waals surface area contributed by atoms with Crippen LogP contribution in [0.3, 0.4) is 0 Å². The Morgan fingerprint density at radius 3 is 2.57 bits per heavy atom. The maximum atomic E-state index is 12.1. The van der Waals surface area contributed by atoms with Gasteiger partial charge >= 0.3 is 5.97 Å². The van der Waals surface area contributed by atoms with Gasteiger partial charge in [0, 0.05) is 7.05 Å². The summed E-state index contributed by atoms with van der Waals surface area (Å²) in [4.78, 5) is 16.5. The standard InChI is InChI=1S/C22H21N3O3/c1-15(16-8-4-3-5-9-16)12-21(27)28-14-20(26)17(13-23)22-24-18-10-6-7-11-19(18)25(22)2/h3-11,15,26H,12,14H2,1-2H3/b20-17-/t15-/m0/s1. The summed E-state index contributed by atoms with van der Waals surface area (Å²) in [7, 11) is 1.77. The molecule has 3 rings (SSSR count). The zero-order chi connectivity index (χ0) is 20.1. The molecule has 0 unspecified atom stereocenters. The molecular weight excluding hydrogens is 354 g/mol. The minimum atomic E-state index is -0.440. The summed E-state index contributed by atoms with van der Waals surface area (Å²) in [5.41, 5.74) is 2.58. The molecule has 6 nitrogen and oxygen atoms in total. The van der Waals surface area contributed by atoms with Crippen molar-refractivity contribution in [1.82, 2.24) is 9.55 Å². The van der Waals surface area contributed by atoms with Crippen molar-refractivity contribution >= 4 is 22.6 Å². The molecule has 0 saturated heterocycles. The van der Waals surface area contributed by atoms with Gasteiger partial charge in [-0.05, 0) is 23.6 Å². The topological polar surface area (TPSA) is 88.1 Å². The van der Waals surface area contributed by atoms with Gasteiger partial charge in [0.1, 0.15) is 18.2 Å². The number of hydrogen-bond donors (Lipinski definition) is 1. The first-order chi connectivity index (χ1) is 13.5. The molecule has 3 aromatic rings. The number of para-hydroxylation sites is 2. The molecule has 0 saturated carbocycles. The number of aromatic nitrogens is 2. The zero-order valence-corrected chi connectivity index (χ0v) is 15.8. The van der Waals surface area contributed by atoms with Crippen molar-refractivity contribution in [3.63, 3.8) is 0 Å². The third-order valence-electron chi connectivity index (χ3n) is 4.62. The number of aliphatic hydroxyl groups is 1. The van der Waals surface area contributed by atoms with Gasteiger partial charge in [-0.2, -0.15) is 5.26 Å². The van der Waals surface area contributed by atoms with Gasteiger partial charge < -0.3 is 14.4 Å². The highest BCUT2D eigenvalue weighted by Gasteiger charge is 2.18. The van der Waals surface area contributed by atoms with Crippen molar-refractivity contribution in [3.05, 3.63) is 71.7 Å². The first kappa shape index (κ1) is 19.2. The van der Waals surface area contributed by atoms with Gasteiger partial charge in [0.2, 0.25) is 0 Å². The van der Waals surface area contributed by atoms with Crippen LogP contribution in [-0.4, -0.2) is 27.2 Å². The highest BCUT2D eigenvalue weighted by molar-refractivity contribution is 5.84. The number of carbonyl (C=O) groups is 1. The second kappa shape index (κ2) is 8.40. The molecule has 0 radical (unpaired) electrons. The van der Waals surface area contributed by atoms with Crippen LogP contribution in [0.15, 0.2) is 60.4 Å². The highest BCUT2D eigenvalue weighted by atomic mass is 16.5. The number of ether oxygens (including phenoxy) is 1. The number of aliphatic hydroxyl groups excluding tert-OH is 1. The van der Waals surface area contributed by atoms with Crippen LogP contribution in [0, 0.1) is 11.3 Å². The third-order valence-corrected chi connectivity index (χ3v) is 4.62. The van der Waals surface area contributed by atoms with Crippen LogP contribution in [0.4, 0.5) is 0 Å². The summed E-state index contributed by atoms with van der Waals surface area (Å²) >= 11 is 0. The Hall–Kier alpha value is -3.59. The lowest BCUT2D eigenvalue weighted by molar-refractivity contribution is -0.143. The molecule has 2 aromatic carbocycles. The Kier molecular flexibility index (Phi) is 5.75. The van der Waals surface area contributed by atoms with E-state index < -0.39 is 5.97 Å². The molecule has 0 spiro atoms. The smallest absolute Gasteiger partial charge is 0.306 e. The summed E-state index contributed by atoms with van der Waals surface area (Å²) in [6.45, 7) is 1.57. The van der Waals surface area contributed by atoms with Gasteiger partial charge in [-0.15, -0.1) is 0 Å². The fourth-order valence-corrected chi connectivity index (χ4v) is 3.04. The van der Waals surface area contributed by atoms with Crippen molar-refractivity contribution < 1.29 is 14.6 Å². The van der Waals surface area contributed by atoms with Gasteiger partial charge in [0.05, 0.1) is 17.5 Å². The molecule has 6 heteroatoms. The van der Waals surface area contributed by atoms with Gasteiger partial charge in [-0.3, -0.25) is 4.79 Å². The number of imidazole rings is 1. The van der Waals surface area contributed by atoms with Crippen LogP contribution < -0.4 is 0 Å². The number of benzene rings is 2. The van der Waals surface area contributed by atoms with E-state index in [9.17, 15) is 15.2 Å². The molecule has 142 valence electrons. The average molecular weight is 375 g/mol. The van der Waals surface area contributed by atoms with Crippen molar-refractivity contribution in [2.24, 2.45) is 7.05 Å². The Bertz CT molecular complexity index is 1060. The van der Waals surface area contributed by atoms with Crippen molar-refractivity contribution in [1.29, 1.82) is 5.26 Å². The number of carbonyl (C=O) groups excluding carboxylic acids is 1. The molecule has 0 aliphatic carbocycles. The molecule has 1 N–H and O–H groups in total. The third kappa shape index (κ3) is 4.04. The minimum Gasteiger partial charge on any atom is -0.507 e. The van der Waals surface area contributed by atoms with Crippen molar-refractivity contribution in [3.8, 4) is 6.07 Å². The van der Waals surface area contributed by atoms with E-state index >= 15 is 0 Å². The molecule has 1 atom stereocenters. The normalized spacial score (nSPS) is 12.9. The van der Waals surface area contributed by atoms with E-state index in [0.717, 1.165) is 11.1 Å². The maximum absolute atomic E-state index is 12.1. The van der Waals surface area contributed by atoms with E-state index in [1.54, 1.807) is 11.6 Å². The van der Waals surface area contributed by atoms with E-state index in [2.05, 4.69) is 4.98 Å². The van der Waals surface area contributed by atoms with Crippen LogP contribution in [0.2, 0.25) is 0 Å². The largest absolute Gasteiger partial charge is 0.507 e. The number of aryl methyl sites for hydroxylation is 1. The van der Waals surface area contributed by atoms with Crippen LogP contribution in [0.5, 0.6) is 0 Å². The van der Waals surface area contributed by atoms with Crippen molar-refractivity contribution in [2.75, 3.05) is 6.61 Å². The summed E-state index contributed by atoms with van der Waals surface area (Å²) in [6, 6.07) is 19.1. The zero-order valence-electron chi connectivity index (χ0n) is 15.8.